The van der Waals surface area contributed by atoms with Crippen LogP contribution in [0, 0.1) is 23.7 Å². The summed E-state index contributed by atoms with van der Waals surface area (Å²) in [5, 5.41) is 9.12. The SMILES string of the molecule is CC1CCC(CN2C[C@@H](C)[C@H](C(=O)O)C2)CC1. The van der Waals surface area contributed by atoms with E-state index in [9.17, 15) is 4.79 Å². The first-order valence-electron chi connectivity index (χ1n) is 7.01. The van der Waals surface area contributed by atoms with Crippen molar-refractivity contribution in [1.29, 1.82) is 0 Å². The Labute approximate surface area is 104 Å². The average molecular weight is 239 g/mol. The molecule has 3 heteroatoms. The standard InChI is InChI=1S/C14H25NO2/c1-10-3-5-12(6-4-10)8-15-7-11(2)13(9-15)14(16)17/h10-13H,3-9H2,1-2H3,(H,16,17)/t10?,11-,12?,13-/m1/s1. The minimum absolute atomic E-state index is 0.141. The van der Waals surface area contributed by atoms with Crippen LogP contribution in [-0.4, -0.2) is 35.6 Å². The zero-order valence-electron chi connectivity index (χ0n) is 11.1. The molecule has 2 fully saturated rings. The molecule has 0 radical (unpaired) electrons. The van der Waals surface area contributed by atoms with Gasteiger partial charge in [0.05, 0.1) is 5.92 Å². The van der Waals surface area contributed by atoms with Gasteiger partial charge in [0.15, 0.2) is 0 Å². The zero-order chi connectivity index (χ0) is 12.4. The van der Waals surface area contributed by atoms with Gasteiger partial charge in [0.25, 0.3) is 0 Å². The smallest absolute Gasteiger partial charge is 0.308 e. The fourth-order valence-electron chi connectivity index (χ4n) is 3.41. The lowest BCUT2D eigenvalue weighted by Gasteiger charge is -2.29. The predicted molar refractivity (Wildman–Crippen MR) is 67.9 cm³/mol. The van der Waals surface area contributed by atoms with Crippen molar-refractivity contribution < 1.29 is 9.90 Å². The van der Waals surface area contributed by atoms with Crippen LogP contribution in [0.5, 0.6) is 0 Å². The van der Waals surface area contributed by atoms with Crippen molar-refractivity contribution in [2.24, 2.45) is 23.7 Å². The molecule has 2 rings (SSSR count). The molecule has 1 aliphatic heterocycles. The number of nitrogens with zero attached hydrogens (tertiary/aromatic N) is 1. The predicted octanol–water partition coefficient (Wildman–Crippen LogP) is 2.47. The van der Waals surface area contributed by atoms with Gasteiger partial charge in [-0.05, 0) is 30.6 Å². The molecular weight excluding hydrogens is 214 g/mol. The van der Waals surface area contributed by atoms with Crippen LogP contribution in [0.15, 0.2) is 0 Å². The van der Waals surface area contributed by atoms with E-state index in [1.807, 2.05) is 0 Å². The number of carbonyl (C=O) groups is 1. The first-order chi connectivity index (χ1) is 8.06. The summed E-state index contributed by atoms with van der Waals surface area (Å²) in [6, 6.07) is 0. The van der Waals surface area contributed by atoms with Crippen molar-refractivity contribution in [3.05, 3.63) is 0 Å². The quantitative estimate of drug-likeness (QED) is 0.822. The van der Waals surface area contributed by atoms with Gasteiger partial charge in [-0.1, -0.05) is 26.7 Å². The molecule has 0 bridgehead atoms. The maximum absolute atomic E-state index is 11.1. The van der Waals surface area contributed by atoms with Crippen molar-refractivity contribution in [2.45, 2.75) is 39.5 Å². The first-order valence-corrected chi connectivity index (χ1v) is 7.01. The summed E-state index contributed by atoms with van der Waals surface area (Å²) >= 11 is 0. The van der Waals surface area contributed by atoms with Gasteiger partial charge in [0.1, 0.15) is 0 Å². The van der Waals surface area contributed by atoms with Gasteiger partial charge in [-0.15, -0.1) is 0 Å². The molecule has 0 amide bonds. The van der Waals surface area contributed by atoms with Gasteiger partial charge in [0, 0.05) is 19.6 Å². The van der Waals surface area contributed by atoms with Crippen LogP contribution in [0.1, 0.15) is 39.5 Å². The molecular formula is C14H25NO2. The number of rotatable bonds is 3. The van der Waals surface area contributed by atoms with E-state index >= 15 is 0 Å². The lowest BCUT2D eigenvalue weighted by atomic mass is 9.83. The van der Waals surface area contributed by atoms with Gasteiger partial charge in [0.2, 0.25) is 0 Å². The molecule has 1 N–H and O–H groups in total. The second kappa shape index (κ2) is 5.38. The molecule has 0 unspecified atom stereocenters. The normalized spacial score (nSPS) is 39.4. The highest BCUT2D eigenvalue weighted by Crippen LogP contribution is 2.31. The van der Waals surface area contributed by atoms with E-state index in [0.717, 1.165) is 31.5 Å². The first kappa shape index (κ1) is 12.9. The Morgan fingerprint density at radius 1 is 1.18 bits per heavy atom. The van der Waals surface area contributed by atoms with Crippen LogP contribution in [-0.2, 0) is 4.79 Å². The molecule has 1 saturated carbocycles. The number of aliphatic carboxylic acids is 1. The van der Waals surface area contributed by atoms with Crippen LogP contribution in [0.4, 0.5) is 0 Å². The molecule has 0 aromatic rings. The minimum atomic E-state index is -0.614. The number of carboxylic acid groups (broad SMARTS) is 1. The van der Waals surface area contributed by atoms with E-state index in [1.165, 1.54) is 25.7 Å². The molecule has 2 atom stereocenters. The Morgan fingerprint density at radius 3 is 2.35 bits per heavy atom. The Hall–Kier alpha value is -0.570. The molecule has 3 nitrogen and oxygen atoms in total. The number of carboxylic acids is 1. The second-order valence-electron chi connectivity index (χ2n) is 6.27. The summed E-state index contributed by atoms with van der Waals surface area (Å²) in [7, 11) is 0. The Balaban J connectivity index is 1.79. The number of hydrogen-bond donors (Lipinski definition) is 1. The summed E-state index contributed by atoms with van der Waals surface area (Å²) in [6.45, 7) is 7.28. The molecule has 0 aromatic carbocycles. The summed E-state index contributed by atoms with van der Waals surface area (Å²) < 4.78 is 0. The third-order valence-corrected chi connectivity index (χ3v) is 4.66. The van der Waals surface area contributed by atoms with Gasteiger partial charge >= 0.3 is 5.97 Å². The summed E-state index contributed by atoms with van der Waals surface area (Å²) in [6.07, 6.45) is 5.39. The highest BCUT2D eigenvalue weighted by atomic mass is 16.4. The van der Waals surface area contributed by atoms with Crippen LogP contribution in [0.2, 0.25) is 0 Å². The molecule has 1 saturated heterocycles. The fourth-order valence-corrected chi connectivity index (χ4v) is 3.41. The maximum atomic E-state index is 11.1. The van der Waals surface area contributed by atoms with Gasteiger partial charge in [-0.3, -0.25) is 4.79 Å². The highest BCUT2D eigenvalue weighted by Gasteiger charge is 2.35. The van der Waals surface area contributed by atoms with E-state index in [0.29, 0.717) is 5.92 Å². The molecule has 0 spiro atoms. The monoisotopic (exact) mass is 239 g/mol. The molecule has 2 aliphatic rings. The molecule has 17 heavy (non-hydrogen) atoms. The van der Waals surface area contributed by atoms with Gasteiger partial charge in [-0.2, -0.15) is 0 Å². The Kier molecular flexibility index (Phi) is 4.08. The van der Waals surface area contributed by atoms with Crippen LogP contribution >= 0.6 is 0 Å². The van der Waals surface area contributed by atoms with Crippen LogP contribution in [0.3, 0.4) is 0 Å². The summed E-state index contributed by atoms with van der Waals surface area (Å²) in [5.74, 6) is 1.27. The van der Waals surface area contributed by atoms with Crippen molar-refractivity contribution in [2.75, 3.05) is 19.6 Å². The van der Waals surface area contributed by atoms with Crippen molar-refractivity contribution in [1.82, 2.24) is 4.90 Å². The highest BCUT2D eigenvalue weighted by molar-refractivity contribution is 5.71. The van der Waals surface area contributed by atoms with E-state index in [-0.39, 0.29) is 5.92 Å². The minimum Gasteiger partial charge on any atom is -0.481 e. The topological polar surface area (TPSA) is 40.5 Å². The molecule has 0 aromatic heterocycles. The van der Waals surface area contributed by atoms with E-state index in [4.69, 9.17) is 5.11 Å². The van der Waals surface area contributed by atoms with Crippen LogP contribution in [0.25, 0.3) is 0 Å². The molecule has 1 aliphatic carbocycles. The molecule has 98 valence electrons. The number of likely N-dealkylation sites (tertiary alicyclic amines) is 1. The van der Waals surface area contributed by atoms with Crippen LogP contribution < -0.4 is 0 Å². The van der Waals surface area contributed by atoms with Crippen molar-refractivity contribution in [3.63, 3.8) is 0 Å². The average Bonchev–Trinajstić information content (AvgIpc) is 2.63. The zero-order valence-corrected chi connectivity index (χ0v) is 11.1. The van der Waals surface area contributed by atoms with E-state index < -0.39 is 5.97 Å². The summed E-state index contributed by atoms with van der Waals surface area (Å²) in [5.41, 5.74) is 0. The maximum Gasteiger partial charge on any atom is 0.308 e. The lowest BCUT2D eigenvalue weighted by molar-refractivity contribution is -0.142. The van der Waals surface area contributed by atoms with E-state index in [2.05, 4.69) is 18.7 Å². The van der Waals surface area contributed by atoms with Gasteiger partial charge < -0.3 is 10.0 Å². The third-order valence-electron chi connectivity index (χ3n) is 4.66. The third kappa shape index (κ3) is 3.21. The fraction of sp³-hybridized carbons (Fsp3) is 0.929. The molecule has 1 heterocycles. The van der Waals surface area contributed by atoms with Gasteiger partial charge in [-0.25, -0.2) is 0 Å². The van der Waals surface area contributed by atoms with Crippen molar-refractivity contribution in [3.8, 4) is 0 Å². The lowest BCUT2D eigenvalue weighted by Crippen LogP contribution is -2.30. The summed E-state index contributed by atoms with van der Waals surface area (Å²) in [4.78, 5) is 13.4. The largest absolute Gasteiger partial charge is 0.481 e. The van der Waals surface area contributed by atoms with E-state index in [1.54, 1.807) is 0 Å². The van der Waals surface area contributed by atoms with Crippen molar-refractivity contribution >= 4 is 5.97 Å². The number of hydrogen-bond acceptors (Lipinski definition) is 2. The Bertz CT molecular complexity index is 271. The second-order valence-corrected chi connectivity index (χ2v) is 6.27. The Morgan fingerprint density at radius 2 is 1.82 bits per heavy atom.